The Morgan fingerprint density at radius 1 is 1.25 bits per heavy atom. The molecule has 1 saturated carbocycles. The fourth-order valence-electron chi connectivity index (χ4n) is 4.38. The van der Waals surface area contributed by atoms with E-state index in [9.17, 15) is 4.79 Å². The number of halogens is 1. The summed E-state index contributed by atoms with van der Waals surface area (Å²) in [5, 5.41) is 5.59. The summed E-state index contributed by atoms with van der Waals surface area (Å²) in [7, 11) is 0. The lowest BCUT2D eigenvalue weighted by Gasteiger charge is -2.43. The Morgan fingerprint density at radius 2 is 1.96 bits per heavy atom. The van der Waals surface area contributed by atoms with Crippen LogP contribution in [0.2, 0.25) is 5.02 Å². The van der Waals surface area contributed by atoms with E-state index in [1.165, 1.54) is 0 Å². The number of aryl methyl sites for hydroxylation is 1. The highest BCUT2D eigenvalue weighted by Gasteiger charge is 2.36. The molecule has 0 aliphatic heterocycles. The zero-order valence-electron chi connectivity index (χ0n) is 16.8. The predicted molar refractivity (Wildman–Crippen MR) is 121 cm³/mol. The van der Waals surface area contributed by atoms with Crippen LogP contribution in [-0.4, -0.2) is 21.8 Å². The summed E-state index contributed by atoms with van der Waals surface area (Å²) in [5.41, 5.74) is 2.06. The van der Waals surface area contributed by atoms with Crippen LogP contribution in [0.1, 0.15) is 40.0 Å². The quantitative estimate of drug-likeness (QED) is 0.414. The van der Waals surface area contributed by atoms with Gasteiger partial charge in [0.15, 0.2) is 5.43 Å². The fourth-order valence-corrected chi connectivity index (χ4v) is 5.44. The van der Waals surface area contributed by atoms with Crippen molar-refractivity contribution in [2.75, 3.05) is 11.6 Å². The van der Waals surface area contributed by atoms with Crippen molar-refractivity contribution in [1.82, 2.24) is 9.55 Å². The van der Waals surface area contributed by atoms with E-state index < -0.39 is 0 Å². The first-order valence-electron chi connectivity index (χ1n) is 9.81. The largest absolute Gasteiger partial charge is 0.367 e. The van der Waals surface area contributed by atoms with Crippen LogP contribution in [0, 0.1) is 5.41 Å². The highest BCUT2D eigenvalue weighted by atomic mass is 35.5. The van der Waals surface area contributed by atoms with Gasteiger partial charge in [0.05, 0.1) is 20.8 Å². The maximum absolute atomic E-state index is 13.2. The number of nitrogens with one attached hydrogen (secondary N) is 1. The molecule has 1 aliphatic rings. The van der Waals surface area contributed by atoms with E-state index >= 15 is 0 Å². The van der Waals surface area contributed by atoms with Crippen LogP contribution in [0.3, 0.4) is 0 Å². The first kappa shape index (κ1) is 19.6. The van der Waals surface area contributed by atoms with E-state index in [1.807, 2.05) is 30.5 Å². The van der Waals surface area contributed by atoms with Crippen molar-refractivity contribution < 1.29 is 0 Å². The van der Waals surface area contributed by atoms with Gasteiger partial charge in [-0.15, -0.1) is 11.8 Å². The van der Waals surface area contributed by atoms with Crippen molar-refractivity contribution in [2.45, 2.75) is 57.5 Å². The molecular formula is C22H26ClN3OS. The van der Waals surface area contributed by atoms with Gasteiger partial charge in [-0.2, -0.15) is 0 Å². The second-order valence-corrected chi connectivity index (χ2v) is 9.66. The molecule has 28 heavy (non-hydrogen) atoms. The molecule has 1 aromatic carbocycles. The van der Waals surface area contributed by atoms with E-state index in [0.29, 0.717) is 27.3 Å². The molecule has 0 unspecified atom stereocenters. The van der Waals surface area contributed by atoms with Gasteiger partial charge in [-0.3, -0.25) is 4.79 Å². The summed E-state index contributed by atoms with van der Waals surface area (Å²) in [4.78, 5) is 19.0. The number of rotatable bonds is 5. The molecule has 4 nitrogen and oxygen atoms in total. The SMILES string of the molecule is CCCn1c2nc(NC3CC(C)(C)C3)ccc2c(=O)c2ccc(Cl)c(SC)c21. The third-order valence-electron chi connectivity index (χ3n) is 5.57. The Bertz CT molecular complexity index is 1110. The molecule has 0 spiro atoms. The van der Waals surface area contributed by atoms with Crippen LogP contribution in [-0.2, 0) is 6.54 Å². The number of anilines is 1. The van der Waals surface area contributed by atoms with Crippen LogP contribution in [0.25, 0.3) is 21.9 Å². The Labute approximate surface area is 174 Å². The molecular weight excluding hydrogens is 390 g/mol. The molecule has 3 aromatic rings. The number of nitrogens with zero attached hydrogens (tertiary/aromatic N) is 2. The molecule has 0 bridgehead atoms. The molecule has 2 aromatic heterocycles. The number of fused-ring (bicyclic) bond motifs is 2. The Kier molecular flexibility index (Phi) is 5.09. The predicted octanol–water partition coefficient (Wildman–Crippen LogP) is 5.94. The second kappa shape index (κ2) is 7.27. The standard InChI is InChI=1S/C22H26ClN3OS/c1-5-10-26-18-14(6-8-16(23)20(18)28-4)19(27)15-7-9-17(25-21(15)26)24-13-11-22(2,3)12-13/h6-9,13H,5,10-12H2,1-4H3,(H,24,25). The maximum Gasteiger partial charge on any atom is 0.198 e. The number of benzene rings is 1. The highest BCUT2D eigenvalue weighted by molar-refractivity contribution is 7.99. The minimum absolute atomic E-state index is 0.0214. The lowest BCUT2D eigenvalue weighted by Crippen LogP contribution is -2.41. The van der Waals surface area contributed by atoms with E-state index in [1.54, 1.807) is 11.8 Å². The minimum atomic E-state index is 0.0214. The van der Waals surface area contributed by atoms with Gasteiger partial charge in [0.1, 0.15) is 11.5 Å². The molecule has 1 fully saturated rings. The summed E-state index contributed by atoms with van der Waals surface area (Å²) in [6, 6.07) is 7.95. The Morgan fingerprint density at radius 3 is 2.61 bits per heavy atom. The average Bonchev–Trinajstić information content (AvgIpc) is 2.63. The van der Waals surface area contributed by atoms with Crippen molar-refractivity contribution in [3.63, 3.8) is 0 Å². The summed E-state index contributed by atoms with van der Waals surface area (Å²) in [6.07, 6.45) is 5.22. The zero-order valence-corrected chi connectivity index (χ0v) is 18.4. The smallest absolute Gasteiger partial charge is 0.198 e. The van der Waals surface area contributed by atoms with Gasteiger partial charge in [0.2, 0.25) is 0 Å². The Hall–Kier alpha value is -1.72. The van der Waals surface area contributed by atoms with Crippen LogP contribution in [0.5, 0.6) is 0 Å². The third kappa shape index (κ3) is 3.29. The van der Waals surface area contributed by atoms with Crippen LogP contribution < -0.4 is 10.7 Å². The number of hydrogen-bond acceptors (Lipinski definition) is 4. The number of aromatic nitrogens is 2. The highest BCUT2D eigenvalue weighted by Crippen LogP contribution is 2.41. The average molecular weight is 416 g/mol. The summed E-state index contributed by atoms with van der Waals surface area (Å²) >= 11 is 8.04. The van der Waals surface area contributed by atoms with Crippen LogP contribution in [0.4, 0.5) is 5.82 Å². The molecule has 0 saturated heterocycles. The van der Waals surface area contributed by atoms with Gasteiger partial charge in [-0.25, -0.2) is 4.98 Å². The second-order valence-electron chi connectivity index (χ2n) is 8.44. The normalized spacial score (nSPS) is 16.5. The summed E-state index contributed by atoms with van der Waals surface area (Å²) in [6.45, 7) is 7.50. The Balaban J connectivity index is 1.93. The number of hydrogen-bond donors (Lipinski definition) is 1. The topological polar surface area (TPSA) is 46.9 Å². The molecule has 0 amide bonds. The number of thioether (sulfide) groups is 1. The first-order chi connectivity index (χ1) is 13.3. The van der Waals surface area contributed by atoms with Gasteiger partial charge in [-0.1, -0.05) is 32.4 Å². The van der Waals surface area contributed by atoms with Crippen molar-refractivity contribution >= 4 is 51.1 Å². The summed E-state index contributed by atoms with van der Waals surface area (Å²) in [5.74, 6) is 0.837. The molecule has 0 radical (unpaired) electrons. The maximum atomic E-state index is 13.2. The molecule has 0 atom stereocenters. The van der Waals surface area contributed by atoms with E-state index in [4.69, 9.17) is 16.6 Å². The summed E-state index contributed by atoms with van der Waals surface area (Å²) < 4.78 is 2.17. The zero-order chi connectivity index (χ0) is 20.1. The van der Waals surface area contributed by atoms with E-state index in [-0.39, 0.29) is 5.43 Å². The van der Waals surface area contributed by atoms with Gasteiger partial charge < -0.3 is 9.88 Å². The van der Waals surface area contributed by atoms with Crippen molar-refractivity contribution in [1.29, 1.82) is 0 Å². The van der Waals surface area contributed by atoms with Crippen molar-refractivity contribution in [2.24, 2.45) is 5.41 Å². The van der Waals surface area contributed by atoms with Gasteiger partial charge in [-0.05, 0) is 55.2 Å². The molecule has 1 aliphatic carbocycles. The first-order valence-corrected chi connectivity index (χ1v) is 11.4. The minimum Gasteiger partial charge on any atom is -0.367 e. The fraction of sp³-hybridized carbons (Fsp3) is 0.455. The van der Waals surface area contributed by atoms with Crippen molar-refractivity contribution in [3.05, 3.63) is 39.5 Å². The van der Waals surface area contributed by atoms with E-state index in [0.717, 1.165) is 47.7 Å². The molecule has 4 rings (SSSR count). The molecule has 6 heteroatoms. The lowest BCUT2D eigenvalue weighted by atomic mass is 9.68. The van der Waals surface area contributed by atoms with Gasteiger partial charge >= 0.3 is 0 Å². The number of pyridine rings is 2. The monoisotopic (exact) mass is 415 g/mol. The molecule has 1 N–H and O–H groups in total. The third-order valence-corrected chi connectivity index (χ3v) is 6.82. The molecule has 148 valence electrons. The van der Waals surface area contributed by atoms with Crippen LogP contribution in [0.15, 0.2) is 34.0 Å². The lowest BCUT2D eigenvalue weighted by molar-refractivity contribution is 0.167. The van der Waals surface area contributed by atoms with Crippen LogP contribution >= 0.6 is 23.4 Å². The van der Waals surface area contributed by atoms with E-state index in [2.05, 4.69) is 30.7 Å². The molecule has 2 heterocycles. The van der Waals surface area contributed by atoms with Crippen molar-refractivity contribution in [3.8, 4) is 0 Å². The van der Waals surface area contributed by atoms with Gasteiger partial charge in [0, 0.05) is 18.0 Å². The van der Waals surface area contributed by atoms with Gasteiger partial charge in [0.25, 0.3) is 0 Å².